The second-order valence-electron chi connectivity index (χ2n) is 8.93. The van der Waals surface area contributed by atoms with Gasteiger partial charge in [-0.1, -0.05) is 0 Å². The first kappa shape index (κ1) is 20.5. The van der Waals surface area contributed by atoms with Crippen LogP contribution in [0.15, 0.2) is 24.3 Å². The lowest BCUT2D eigenvalue weighted by molar-refractivity contribution is -0.164. The van der Waals surface area contributed by atoms with E-state index in [1.54, 1.807) is 0 Å². The van der Waals surface area contributed by atoms with E-state index in [0.29, 0.717) is 6.54 Å². The number of piperidine rings is 1. The molecule has 0 N–H and O–H groups in total. The number of hydrogen-bond acceptors (Lipinski definition) is 5. The molecule has 0 bridgehead atoms. The van der Waals surface area contributed by atoms with Crippen molar-refractivity contribution in [3.8, 4) is 5.75 Å². The molecular weight excluding hydrogens is 366 g/mol. The summed E-state index contributed by atoms with van der Waals surface area (Å²) in [5, 5.41) is 0. The average molecular weight is 402 g/mol. The molecule has 0 aromatic heterocycles. The van der Waals surface area contributed by atoms with E-state index in [-0.39, 0.29) is 18.1 Å². The number of anilines is 1. The monoisotopic (exact) mass is 401 g/mol. The van der Waals surface area contributed by atoms with Gasteiger partial charge in [0.05, 0.1) is 12.2 Å². The zero-order chi connectivity index (χ0) is 20.3. The first-order valence-corrected chi connectivity index (χ1v) is 11.1. The molecule has 1 spiro atoms. The molecule has 3 aliphatic heterocycles. The molecule has 1 atom stereocenters. The molecule has 3 heterocycles. The zero-order valence-electron chi connectivity index (χ0n) is 17.9. The summed E-state index contributed by atoms with van der Waals surface area (Å²) >= 11 is 0. The molecule has 1 aromatic rings. The van der Waals surface area contributed by atoms with Crippen molar-refractivity contribution < 1.29 is 14.3 Å². The van der Waals surface area contributed by atoms with Crippen LogP contribution in [0, 0.1) is 0 Å². The van der Waals surface area contributed by atoms with E-state index in [1.165, 1.54) is 25.1 Å². The van der Waals surface area contributed by atoms with Crippen molar-refractivity contribution in [2.45, 2.75) is 50.7 Å². The summed E-state index contributed by atoms with van der Waals surface area (Å²) in [4.78, 5) is 18.5. The lowest BCUT2D eigenvalue weighted by Gasteiger charge is -2.46. The Kier molecular flexibility index (Phi) is 6.30. The maximum absolute atomic E-state index is 11.7. The fourth-order valence-electron chi connectivity index (χ4n) is 4.90. The molecule has 4 rings (SSSR count). The number of carbonyl (C=O) groups is 1. The van der Waals surface area contributed by atoms with Gasteiger partial charge in [-0.3, -0.25) is 4.79 Å². The van der Waals surface area contributed by atoms with Crippen LogP contribution in [0.2, 0.25) is 0 Å². The largest absolute Gasteiger partial charge is 0.494 e. The van der Waals surface area contributed by atoms with E-state index in [0.717, 1.165) is 57.3 Å². The molecule has 0 saturated carbocycles. The quantitative estimate of drug-likeness (QED) is 0.686. The molecule has 0 radical (unpaired) electrons. The molecule has 3 aliphatic rings. The van der Waals surface area contributed by atoms with E-state index >= 15 is 0 Å². The van der Waals surface area contributed by atoms with Crippen molar-refractivity contribution in [2.75, 3.05) is 57.9 Å². The first-order valence-electron chi connectivity index (χ1n) is 11.1. The molecule has 29 heavy (non-hydrogen) atoms. The number of nitrogens with zero attached hydrogens (tertiary/aromatic N) is 3. The summed E-state index contributed by atoms with van der Waals surface area (Å²) < 4.78 is 11.9. The van der Waals surface area contributed by atoms with Crippen molar-refractivity contribution in [3.05, 3.63) is 24.3 Å². The number of ether oxygens (including phenoxy) is 2. The maximum Gasteiger partial charge on any atom is 0.248 e. The van der Waals surface area contributed by atoms with Gasteiger partial charge in [0.15, 0.2) is 0 Å². The minimum atomic E-state index is -0.158. The van der Waals surface area contributed by atoms with Gasteiger partial charge in [-0.25, -0.2) is 0 Å². The van der Waals surface area contributed by atoms with Crippen molar-refractivity contribution >= 4 is 11.6 Å². The molecule has 3 fully saturated rings. The van der Waals surface area contributed by atoms with Gasteiger partial charge in [0.1, 0.15) is 12.4 Å². The predicted molar refractivity (Wildman–Crippen MR) is 115 cm³/mol. The third-order valence-electron chi connectivity index (χ3n) is 6.88. The molecule has 160 valence electrons. The lowest BCUT2D eigenvalue weighted by atomic mass is 9.89. The number of amides is 1. The van der Waals surface area contributed by atoms with Crippen molar-refractivity contribution in [2.24, 2.45) is 0 Å². The zero-order valence-corrected chi connectivity index (χ0v) is 17.9. The molecule has 1 aromatic carbocycles. The number of likely N-dealkylation sites (tertiary alicyclic amines) is 1. The third-order valence-corrected chi connectivity index (χ3v) is 6.88. The average Bonchev–Trinajstić information content (AvgIpc) is 3.14. The van der Waals surface area contributed by atoms with E-state index in [4.69, 9.17) is 9.47 Å². The van der Waals surface area contributed by atoms with Crippen molar-refractivity contribution in [1.82, 2.24) is 9.80 Å². The highest BCUT2D eigenvalue weighted by Crippen LogP contribution is 2.32. The molecule has 3 saturated heterocycles. The normalized spacial score (nSPS) is 25.0. The van der Waals surface area contributed by atoms with Gasteiger partial charge in [-0.05, 0) is 69.8 Å². The fraction of sp³-hybridized carbons (Fsp3) is 0.696. The van der Waals surface area contributed by atoms with E-state index < -0.39 is 0 Å². The summed E-state index contributed by atoms with van der Waals surface area (Å²) in [5.74, 6) is 1.04. The second kappa shape index (κ2) is 8.92. The van der Waals surface area contributed by atoms with E-state index in [9.17, 15) is 4.79 Å². The Morgan fingerprint density at radius 1 is 1.17 bits per heavy atom. The summed E-state index contributed by atoms with van der Waals surface area (Å²) in [6.07, 6.45) is 5.66. The van der Waals surface area contributed by atoms with Crippen LogP contribution in [-0.4, -0.2) is 80.3 Å². The highest BCUT2D eigenvalue weighted by atomic mass is 16.5. The summed E-state index contributed by atoms with van der Waals surface area (Å²) in [6.45, 7) is 8.32. The van der Waals surface area contributed by atoms with Crippen molar-refractivity contribution in [1.29, 1.82) is 0 Å². The van der Waals surface area contributed by atoms with E-state index in [2.05, 4.69) is 41.0 Å². The minimum absolute atomic E-state index is 0.0867. The highest BCUT2D eigenvalue weighted by Gasteiger charge is 2.41. The Hall–Kier alpha value is -1.79. The molecule has 6 nitrogen and oxygen atoms in total. The van der Waals surface area contributed by atoms with Crippen LogP contribution in [0.1, 0.15) is 39.0 Å². The topological polar surface area (TPSA) is 45.2 Å². The minimum Gasteiger partial charge on any atom is -0.494 e. The number of rotatable bonds is 6. The number of morpholine rings is 1. The standard InChI is InChI=1S/C23H35N3O3/c1-19-5-3-12-25(19)13-4-16-28-21-8-6-20(7-9-21)26-14-10-23(11-15-26)18-24(2)22(27)17-29-23/h6-9,19H,3-5,10-18H2,1-2H3/t19-/m0/s1. The first-order chi connectivity index (χ1) is 14.0. The molecule has 0 unspecified atom stereocenters. The summed E-state index contributed by atoms with van der Waals surface area (Å²) in [7, 11) is 1.88. The van der Waals surface area contributed by atoms with Crippen LogP contribution in [0.3, 0.4) is 0 Å². The Labute approximate surface area is 174 Å². The molecule has 6 heteroatoms. The van der Waals surface area contributed by atoms with Crippen LogP contribution in [-0.2, 0) is 9.53 Å². The van der Waals surface area contributed by atoms with Crippen LogP contribution < -0.4 is 9.64 Å². The molecule has 0 aliphatic carbocycles. The van der Waals surface area contributed by atoms with Crippen molar-refractivity contribution in [3.63, 3.8) is 0 Å². The predicted octanol–water partition coefficient (Wildman–Crippen LogP) is 2.77. The Bertz CT molecular complexity index is 685. The Balaban J connectivity index is 1.21. The smallest absolute Gasteiger partial charge is 0.248 e. The van der Waals surface area contributed by atoms with Crippen LogP contribution >= 0.6 is 0 Å². The van der Waals surface area contributed by atoms with Gasteiger partial charge in [-0.2, -0.15) is 0 Å². The highest BCUT2D eigenvalue weighted by molar-refractivity contribution is 5.78. The van der Waals surface area contributed by atoms with Crippen LogP contribution in [0.5, 0.6) is 5.75 Å². The number of benzene rings is 1. The summed E-state index contributed by atoms with van der Waals surface area (Å²) in [6, 6.07) is 9.22. The van der Waals surface area contributed by atoms with Crippen LogP contribution in [0.4, 0.5) is 5.69 Å². The molecule has 1 amide bonds. The van der Waals surface area contributed by atoms with Gasteiger partial charge in [0.25, 0.3) is 0 Å². The SMILES string of the molecule is C[C@H]1CCCN1CCCOc1ccc(N2CCC3(CC2)CN(C)C(=O)CO3)cc1. The number of likely N-dealkylation sites (N-methyl/N-ethyl adjacent to an activating group) is 1. The lowest BCUT2D eigenvalue weighted by Crippen LogP contribution is -2.57. The summed E-state index contributed by atoms with van der Waals surface area (Å²) in [5.41, 5.74) is 1.08. The number of hydrogen-bond donors (Lipinski definition) is 0. The van der Waals surface area contributed by atoms with Gasteiger partial charge in [0, 0.05) is 45.0 Å². The Morgan fingerprint density at radius 3 is 2.59 bits per heavy atom. The maximum atomic E-state index is 11.7. The van der Waals surface area contributed by atoms with Gasteiger partial charge in [0.2, 0.25) is 5.91 Å². The fourth-order valence-corrected chi connectivity index (χ4v) is 4.90. The Morgan fingerprint density at radius 2 is 1.93 bits per heavy atom. The number of carbonyl (C=O) groups excluding carboxylic acids is 1. The molecular formula is C23H35N3O3. The van der Waals surface area contributed by atoms with Crippen LogP contribution in [0.25, 0.3) is 0 Å². The van der Waals surface area contributed by atoms with Gasteiger partial charge in [-0.15, -0.1) is 0 Å². The second-order valence-corrected chi connectivity index (χ2v) is 8.93. The van der Waals surface area contributed by atoms with Gasteiger partial charge < -0.3 is 24.2 Å². The third kappa shape index (κ3) is 4.86. The van der Waals surface area contributed by atoms with E-state index in [1.807, 2.05) is 11.9 Å². The van der Waals surface area contributed by atoms with Gasteiger partial charge >= 0.3 is 0 Å².